The third-order valence-electron chi connectivity index (χ3n) is 3.14. The summed E-state index contributed by atoms with van der Waals surface area (Å²) in [7, 11) is 0. The van der Waals surface area contributed by atoms with Gasteiger partial charge in [0, 0.05) is 9.30 Å². The zero-order valence-electron chi connectivity index (χ0n) is 9.38. The molecule has 0 N–H and O–H groups in total. The van der Waals surface area contributed by atoms with Crippen LogP contribution in [0.1, 0.15) is 36.6 Å². The molecule has 0 saturated heterocycles. The van der Waals surface area contributed by atoms with E-state index in [-0.39, 0.29) is 0 Å². The number of benzene rings is 1. The summed E-state index contributed by atoms with van der Waals surface area (Å²) in [6.45, 7) is 2.72. The van der Waals surface area contributed by atoms with Crippen LogP contribution in [0, 0.1) is 5.92 Å². The van der Waals surface area contributed by atoms with Gasteiger partial charge < -0.3 is 4.74 Å². The monoisotopic (exact) mass is 346 g/mol. The molecule has 0 aromatic heterocycles. The lowest BCUT2D eigenvalue weighted by atomic mass is 9.81. The van der Waals surface area contributed by atoms with Gasteiger partial charge in [-0.05, 0) is 43.4 Å². The number of rotatable bonds is 4. The number of hydrogen-bond acceptors (Lipinski definition) is 1. The molecule has 1 unspecified atom stereocenters. The van der Waals surface area contributed by atoms with Gasteiger partial charge in [0.2, 0.25) is 0 Å². The second-order valence-electron chi connectivity index (χ2n) is 4.21. The Morgan fingerprint density at radius 1 is 1.44 bits per heavy atom. The van der Waals surface area contributed by atoms with Crippen molar-refractivity contribution in [3.63, 3.8) is 0 Å². The minimum absolute atomic E-state index is 0.478. The van der Waals surface area contributed by atoms with Crippen molar-refractivity contribution in [2.75, 3.05) is 6.61 Å². The fourth-order valence-corrected chi connectivity index (χ4v) is 3.81. The van der Waals surface area contributed by atoms with Crippen LogP contribution in [0.15, 0.2) is 22.7 Å². The molecular formula is C13H16Br2O. The highest BCUT2D eigenvalue weighted by molar-refractivity contribution is 9.11. The summed E-state index contributed by atoms with van der Waals surface area (Å²) in [5.74, 6) is 1.74. The van der Waals surface area contributed by atoms with Crippen LogP contribution < -0.4 is 4.74 Å². The minimum Gasteiger partial charge on any atom is -0.494 e. The van der Waals surface area contributed by atoms with Crippen LogP contribution >= 0.6 is 31.9 Å². The van der Waals surface area contributed by atoms with Gasteiger partial charge in [0.05, 0.1) is 6.61 Å². The molecule has 0 radical (unpaired) electrons. The van der Waals surface area contributed by atoms with Crippen molar-refractivity contribution in [3.8, 4) is 5.75 Å². The number of ether oxygens (including phenoxy) is 1. The van der Waals surface area contributed by atoms with E-state index in [9.17, 15) is 0 Å². The van der Waals surface area contributed by atoms with E-state index >= 15 is 0 Å². The van der Waals surface area contributed by atoms with E-state index in [0.29, 0.717) is 11.4 Å². The predicted octanol–water partition coefficient (Wildman–Crippen LogP) is 5.08. The second kappa shape index (κ2) is 5.54. The lowest BCUT2D eigenvalue weighted by Gasteiger charge is -2.31. The van der Waals surface area contributed by atoms with Crippen molar-refractivity contribution >= 4 is 31.9 Å². The number of hydrogen-bond donors (Lipinski definition) is 0. The van der Waals surface area contributed by atoms with E-state index in [1.807, 2.05) is 6.92 Å². The van der Waals surface area contributed by atoms with Crippen LogP contribution in [0.3, 0.4) is 0 Å². The summed E-state index contributed by atoms with van der Waals surface area (Å²) in [6.07, 6.45) is 4.06. The molecule has 1 aromatic carbocycles. The standard InChI is InChI=1S/C13H16Br2O/c1-2-16-10-6-7-11(12(14)8-10)13(15)9-4-3-5-9/h6-9,13H,2-5H2,1H3. The molecule has 1 saturated carbocycles. The average Bonchev–Trinajstić information content (AvgIpc) is 2.15. The summed E-state index contributed by atoms with van der Waals surface area (Å²) < 4.78 is 6.62. The van der Waals surface area contributed by atoms with Crippen LogP contribution in [0.5, 0.6) is 5.75 Å². The Bertz CT molecular complexity index is 361. The molecule has 3 heteroatoms. The van der Waals surface area contributed by atoms with Crippen LogP contribution in [0.2, 0.25) is 0 Å². The molecule has 16 heavy (non-hydrogen) atoms. The van der Waals surface area contributed by atoms with Gasteiger partial charge in [-0.25, -0.2) is 0 Å². The van der Waals surface area contributed by atoms with Crippen LogP contribution in [0.4, 0.5) is 0 Å². The molecule has 2 rings (SSSR count). The van der Waals surface area contributed by atoms with E-state index in [0.717, 1.165) is 16.1 Å². The van der Waals surface area contributed by atoms with Gasteiger partial charge in [-0.2, -0.15) is 0 Å². The van der Waals surface area contributed by atoms with E-state index in [2.05, 4.69) is 50.1 Å². The fourth-order valence-electron chi connectivity index (χ4n) is 1.97. The molecule has 0 spiro atoms. The molecule has 0 amide bonds. The average molecular weight is 348 g/mol. The van der Waals surface area contributed by atoms with Gasteiger partial charge in [-0.1, -0.05) is 44.3 Å². The quantitative estimate of drug-likeness (QED) is 0.690. The molecule has 88 valence electrons. The largest absolute Gasteiger partial charge is 0.494 e. The highest BCUT2D eigenvalue weighted by Gasteiger charge is 2.27. The highest BCUT2D eigenvalue weighted by Crippen LogP contribution is 2.45. The summed E-state index contributed by atoms with van der Waals surface area (Å²) in [5, 5.41) is 0. The lowest BCUT2D eigenvalue weighted by Crippen LogP contribution is -2.16. The first kappa shape index (κ1) is 12.4. The molecule has 1 nitrogen and oxygen atoms in total. The smallest absolute Gasteiger partial charge is 0.120 e. The summed E-state index contributed by atoms with van der Waals surface area (Å²) >= 11 is 7.44. The summed E-state index contributed by atoms with van der Waals surface area (Å²) in [4.78, 5) is 0.478. The van der Waals surface area contributed by atoms with Gasteiger partial charge in [0.25, 0.3) is 0 Å². The van der Waals surface area contributed by atoms with Crippen molar-refractivity contribution in [1.82, 2.24) is 0 Å². The molecule has 1 atom stereocenters. The lowest BCUT2D eigenvalue weighted by molar-refractivity contribution is 0.311. The van der Waals surface area contributed by atoms with E-state index in [1.54, 1.807) is 0 Å². The third-order valence-corrected chi connectivity index (χ3v) is 5.07. The molecule has 0 bridgehead atoms. The van der Waals surface area contributed by atoms with E-state index in [1.165, 1.54) is 24.8 Å². The first-order chi connectivity index (χ1) is 7.72. The third kappa shape index (κ3) is 2.62. The van der Waals surface area contributed by atoms with E-state index < -0.39 is 0 Å². The SMILES string of the molecule is CCOc1ccc(C(Br)C2CCC2)c(Br)c1. The van der Waals surface area contributed by atoms with Crippen LogP contribution in [-0.2, 0) is 0 Å². The minimum atomic E-state index is 0.478. The Hall–Kier alpha value is -0.0200. The first-order valence-electron chi connectivity index (χ1n) is 5.78. The van der Waals surface area contributed by atoms with Crippen LogP contribution in [-0.4, -0.2) is 6.61 Å². The van der Waals surface area contributed by atoms with Gasteiger partial charge in [-0.3, -0.25) is 0 Å². The maximum absolute atomic E-state index is 5.48. The molecule has 1 aromatic rings. The van der Waals surface area contributed by atoms with Crippen molar-refractivity contribution < 1.29 is 4.74 Å². The number of alkyl halides is 1. The van der Waals surface area contributed by atoms with Gasteiger partial charge in [0.15, 0.2) is 0 Å². The summed E-state index contributed by atoms with van der Waals surface area (Å²) in [5.41, 5.74) is 1.34. The first-order valence-corrected chi connectivity index (χ1v) is 7.49. The highest BCUT2D eigenvalue weighted by atomic mass is 79.9. The summed E-state index contributed by atoms with van der Waals surface area (Å²) in [6, 6.07) is 6.27. The maximum atomic E-state index is 5.48. The molecule has 1 aliphatic rings. The van der Waals surface area contributed by atoms with Crippen LogP contribution in [0.25, 0.3) is 0 Å². The van der Waals surface area contributed by atoms with Crippen molar-refractivity contribution in [2.45, 2.75) is 31.0 Å². The molecule has 0 aliphatic heterocycles. The topological polar surface area (TPSA) is 9.23 Å². The fraction of sp³-hybridized carbons (Fsp3) is 0.538. The van der Waals surface area contributed by atoms with Crippen molar-refractivity contribution in [1.29, 1.82) is 0 Å². The maximum Gasteiger partial charge on any atom is 0.120 e. The number of halogens is 2. The molecule has 1 fully saturated rings. The Balaban J connectivity index is 2.14. The van der Waals surface area contributed by atoms with Gasteiger partial charge >= 0.3 is 0 Å². The van der Waals surface area contributed by atoms with Gasteiger partial charge in [-0.15, -0.1) is 0 Å². The molecule has 1 aliphatic carbocycles. The van der Waals surface area contributed by atoms with Crippen molar-refractivity contribution in [3.05, 3.63) is 28.2 Å². The normalized spacial score (nSPS) is 17.9. The van der Waals surface area contributed by atoms with Crippen molar-refractivity contribution in [2.24, 2.45) is 5.92 Å². The predicted molar refractivity (Wildman–Crippen MR) is 74.3 cm³/mol. The zero-order chi connectivity index (χ0) is 11.5. The Kier molecular flexibility index (Phi) is 4.31. The second-order valence-corrected chi connectivity index (χ2v) is 6.05. The Morgan fingerprint density at radius 3 is 2.69 bits per heavy atom. The van der Waals surface area contributed by atoms with E-state index in [4.69, 9.17) is 4.74 Å². The Labute approximate surface area is 114 Å². The molecular weight excluding hydrogens is 332 g/mol. The van der Waals surface area contributed by atoms with Gasteiger partial charge in [0.1, 0.15) is 5.75 Å². The Morgan fingerprint density at radius 2 is 2.19 bits per heavy atom. The zero-order valence-corrected chi connectivity index (χ0v) is 12.6. The molecule has 0 heterocycles.